The molecule has 0 radical (unpaired) electrons. The summed E-state index contributed by atoms with van der Waals surface area (Å²) in [6.45, 7) is 1.83. The van der Waals surface area contributed by atoms with Crippen LogP contribution in [0.25, 0.3) is 0 Å². The van der Waals surface area contributed by atoms with Crippen LogP contribution in [-0.4, -0.2) is 34.2 Å². The molecule has 0 aromatic heterocycles. The van der Waals surface area contributed by atoms with E-state index in [2.05, 4.69) is 0 Å². The van der Waals surface area contributed by atoms with Crippen molar-refractivity contribution in [3.05, 3.63) is 0 Å². The third-order valence-corrected chi connectivity index (χ3v) is 3.16. The van der Waals surface area contributed by atoms with Crippen LogP contribution in [-0.2, 0) is 9.30 Å². The van der Waals surface area contributed by atoms with Crippen molar-refractivity contribution in [2.45, 2.75) is 38.0 Å². The van der Waals surface area contributed by atoms with Crippen LogP contribution in [0.1, 0.15) is 19.8 Å². The van der Waals surface area contributed by atoms with Gasteiger partial charge in [-0.25, -0.2) is 0 Å². The van der Waals surface area contributed by atoms with Crippen LogP contribution in [0.4, 0.5) is 0 Å². The van der Waals surface area contributed by atoms with Gasteiger partial charge in [0, 0.05) is 6.04 Å². The van der Waals surface area contributed by atoms with Gasteiger partial charge in [0.25, 0.3) is 0 Å². The molecule has 13 heavy (non-hydrogen) atoms. The van der Waals surface area contributed by atoms with Crippen molar-refractivity contribution in [3.8, 4) is 0 Å². The standard InChI is InChI=1S/C7H16NO4P/c1-5-7(8)3-2-6(12-5)4-13(9,10)11/h5-7H,2-4,8H2,1H3,(H2,9,10,11)/t5-,6+,7+/m1/s1. The summed E-state index contributed by atoms with van der Waals surface area (Å²) in [5.74, 6) is 0. The van der Waals surface area contributed by atoms with E-state index in [9.17, 15) is 4.57 Å². The summed E-state index contributed by atoms with van der Waals surface area (Å²) >= 11 is 0. The van der Waals surface area contributed by atoms with Crippen LogP contribution in [0.5, 0.6) is 0 Å². The number of hydrogen-bond donors (Lipinski definition) is 3. The van der Waals surface area contributed by atoms with Gasteiger partial charge in [0.05, 0.1) is 18.4 Å². The van der Waals surface area contributed by atoms with Gasteiger partial charge in [0.15, 0.2) is 0 Å². The highest BCUT2D eigenvalue weighted by atomic mass is 31.2. The fraction of sp³-hybridized carbons (Fsp3) is 1.00. The number of rotatable bonds is 2. The Morgan fingerprint density at radius 3 is 2.62 bits per heavy atom. The fourth-order valence-electron chi connectivity index (χ4n) is 1.49. The molecule has 0 saturated carbocycles. The van der Waals surface area contributed by atoms with Crippen molar-refractivity contribution in [3.63, 3.8) is 0 Å². The smallest absolute Gasteiger partial charge is 0.328 e. The Balaban J connectivity index is 2.42. The summed E-state index contributed by atoms with van der Waals surface area (Å²) in [5, 5.41) is 0. The van der Waals surface area contributed by atoms with Crippen molar-refractivity contribution < 1.29 is 19.1 Å². The van der Waals surface area contributed by atoms with Crippen molar-refractivity contribution in [1.82, 2.24) is 0 Å². The van der Waals surface area contributed by atoms with Crippen molar-refractivity contribution in [1.29, 1.82) is 0 Å². The van der Waals surface area contributed by atoms with E-state index in [1.807, 2.05) is 6.92 Å². The molecule has 0 bridgehead atoms. The van der Waals surface area contributed by atoms with E-state index in [4.69, 9.17) is 20.3 Å². The number of hydrogen-bond acceptors (Lipinski definition) is 3. The molecule has 0 amide bonds. The summed E-state index contributed by atoms with van der Waals surface area (Å²) in [5.41, 5.74) is 5.69. The van der Waals surface area contributed by atoms with Crippen LogP contribution in [0.3, 0.4) is 0 Å². The SMILES string of the molecule is C[C@H]1O[C@H](CP(=O)(O)O)CC[C@@H]1N. The van der Waals surface area contributed by atoms with E-state index in [0.717, 1.165) is 6.42 Å². The van der Waals surface area contributed by atoms with E-state index in [0.29, 0.717) is 6.42 Å². The largest absolute Gasteiger partial charge is 0.373 e. The van der Waals surface area contributed by atoms with Gasteiger partial charge in [-0.1, -0.05) is 0 Å². The second-order valence-electron chi connectivity index (χ2n) is 3.55. The molecule has 4 N–H and O–H groups in total. The third-order valence-electron chi connectivity index (χ3n) is 2.27. The lowest BCUT2D eigenvalue weighted by Crippen LogP contribution is -2.43. The Bertz CT molecular complexity index is 217. The Labute approximate surface area is 77.4 Å². The minimum Gasteiger partial charge on any atom is -0.373 e. The highest BCUT2D eigenvalue weighted by Crippen LogP contribution is 2.38. The predicted molar refractivity (Wildman–Crippen MR) is 48.5 cm³/mol. The van der Waals surface area contributed by atoms with Crippen LogP contribution in [0, 0.1) is 0 Å². The molecule has 5 nitrogen and oxygen atoms in total. The molecule has 0 aliphatic carbocycles. The predicted octanol–water partition coefficient (Wildman–Crippen LogP) is 0.0589. The molecule has 78 valence electrons. The van der Waals surface area contributed by atoms with Crippen molar-refractivity contribution in [2.24, 2.45) is 5.73 Å². The van der Waals surface area contributed by atoms with Crippen LogP contribution in [0.15, 0.2) is 0 Å². The molecule has 0 aromatic rings. The van der Waals surface area contributed by atoms with E-state index in [-0.39, 0.29) is 24.4 Å². The molecule has 1 aliphatic rings. The lowest BCUT2D eigenvalue weighted by molar-refractivity contribution is -0.0410. The summed E-state index contributed by atoms with van der Waals surface area (Å²) in [6.07, 6.45) is 0.771. The van der Waals surface area contributed by atoms with Gasteiger partial charge in [-0.15, -0.1) is 0 Å². The first-order chi connectivity index (χ1) is 5.88. The summed E-state index contributed by atoms with van der Waals surface area (Å²) in [7, 11) is -3.95. The molecule has 1 fully saturated rings. The zero-order valence-corrected chi connectivity index (χ0v) is 8.48. The maximum Gasteiger partial charge on any atom is 0.328 e. The van der Waals surface area contributed by atoms with E-state index >= 15 is 0 Å². The first-order valence-corrected chi connectivity index (χ1v) is 6.14. The van der Waals surface area contributed by atoms with Crippen molar-refractivity contribution >= 4 is 7.60 Å². The van der Waals surface area contributed by atoms with E-state index in [1.165, 1.54) is 0 Å². The van der Waals surface area contributed by atoms with Crippen LogP contribution >= 0.6 is 7.60 Å². The average molecular weight is 209 g/mol. The minimum atomic E-state index is -3.95. The maximum absolute atomic E-state index is 10.7. The third kappa shape index (κ3) is 3.75. The Hall–Kier alpha value is 0.0700. The molecular formula is C7H16NO4P. The lowest BCUT2D eigenvalue weighted by atomic mass is 10.0. The normalized spacial score (nSPS) is 36.2. The molecule has 6 heteroatoms. The van der Waals surface area contributed by atoms with Gasteiger partial charge in [-0.05, 0) is 19.8 Å². The molecule has 0 aromatic carbocycles. The van der Waals surface area contributed by atoms with E-state index in [1.54, 1.807) is 0 Å². The fourth-order valence-corrected chi connectivity index (χ4v) is 2.28. The van der Waals surface area contributed by atoms with Gasteiger partial charge >= 0.3 is 7.60 Å². The first-order valence-electron chi connectivity index (χ1n) is 4.34. The summed E-state index contributed by atoms with van der Waals surface area (Å²) in [6, 6.07) is -0.00646. The summed E-state index contributed by atoms with van der Waals surface area (Å²) < 4.78 is 16.0. The second-order valence-corrected chi connectivity index (χ2v) is 5.25. The molecule has 0 spiro atoms. The Morgan fingerprint density at radius 1 is 1.54 bits per heavy atom. The number of ether oxygens (including phenoxy) is 1. The van der Waals surface area contributed by atoms with E-state index < -0.39 is 7.60 Å². The van der Waals surface area contributed by atoms with Gasteiger partial charge < -0.3 is 20.3 Å². The molecular weight excluding hydrogens is 193 g/mol. The highest BCUT2D eigenvalue weighted by molar-refractivity contribution is 7.51. The van der Waals surface area contributed by atoms with Crippen molar-refractivity contribution in [2.75, 3.05) is 6.16 Å². The molecule has 1 heterocycles. The van der Waals surface area contributed by atoms with Gasteiger partial charge in [0.2, 0.25) is 0 Å². The zero-order chi connectivity index (χ0) is 10.1. The Kier molecular flexibility index (Phi) is 3.49. The minimum absolute atomic E-state index is 0.00646. The highest BCUT2D eigenvalue weighted by Gasteiger charge is 2.30. The lowest BCUT2D eigenvalue weighted by Gasteiger charge is -2.32. The zero-order valence-electron chi connectivity index (χ0n) is 7.59. The molecule has 3 atom stereocenters. The topological polar surface area (TPSA) is 92.8 Å². The second kappa shape index (κ2) is 4.07. The molecule has 0 unspecified atom stereocenters. The van der Waals surface area contributed by atoms with Gasteiger partial charge in [0.1, 0.15) is 0 Å². The maximum atomic E-state index is 10.7. The number of nitrogens with two attached hydrogens (primary N) is 1. The quantitative estimate of drug-likeness (QED) is 0.559. The molecule has 1 aliphatic heterocycles. The van der Waals surface area contributed by atoms with Crippen LogP contribution < -0.4 is 5.73 Å². The average Bonchev–Trinajstić information content (AvgIpc) is 1.94. The molecule has 1 rings (SSSR count). The summed E-state index contributed by atoms with van der Waals surface area (Å²) in [4.78, 5) is 17.4. The van der Waals surface area contributed by atoms with Gasteiger partial charge in [-0.2, -0.15) is 0 Å². The Morgan fingerprint density at radius 2 is 2.15 bits per heavy atom. The van der Waals surface area contributed by atoms with Gasteiger partial charge in [-0.3, -0.25) is 4.57 Å². The first kappa shape index (κ1) is 11.1. The van der Waals surface area contributed by atoms with Crippen LogP contribution in [0.2, 0.25) is 0 Å². The molecule has 1 saturated heterocycles. The monoisotopic (exact) mass is 209 g/mol.